The standard InChI is InChI=1S/C38H35N3O3/c1-3-40(4-2)30-17-19-33-36(25-30)43-35-20-18-29(24-34(35)38(33)32-16-9-8-15-31(32)37(42)44-38)41(26-27-12-6-5-7-13-27)23-21-28-14-10-11-22-39-28/h5-20,22,24-25H,3-4,21,23,26H2,1-2H3. The first kappa shape index (κ1) is 27.7. The molecule has 0 radical (unpaired) electrons. The molecule has 0 N–H and O–H groups in total. The molecule has 1 atom stereocenters. The van der Waals surface area contributed by atoms with Gasteiger partial charge in [0, 0.05) is 78.6 Å². The topological polar surface area (TPSA) is 54.9 Å². The number of fused-ring (bicyclic) bond motifs is 6. The minimum atomic E-state index is -1.12. The van der Waals surface area contributed by atoms with Crippen molar-refractivity contribution in [1.29, 1.82) is 0 Å². The highest BCUT2D eigenvalue weighted by molar-refractivity contribution is 5.97. The predicted molar refractivity (Wildman–Crippen MR) is 174 cm³/mol. The van der Waals surface area contributed by atoms with Crippen LogP contribution in [0, 0.1) is 0 Å². The van der Waals surface area contributed by atoms with Gasteiger partial charge in [0.1, 0.15) is 11.5 Å². The quantitative estimate of drug-likeness (QED) is 0.166. The van der Waals surface area contributed by atoms with Gasteiger partial charge in [-0.3, -0.25) is 4.98 Å². The highest BCUT2D eigenvalue weighted by atomic mass is 16.6. The van der Waals surface area contributed by atoms with Crippen LogP contribution in [-0.4, -0.2) is 30.6 Å². The number of benzene rings is 4. The van der Waals surface area contributed by atoms with Gasteiger partial charge in [0.15, 0.2) is 5.60 Å². The molecule has 5 aromatic rings. The summed E-state index contributed by atoms with van der Waals surface area (Å²) in [5.41, 5.74) is 6.32. The second kappa shape index (κ2) is 11.5. The smallest absolute Gasteiger partial charge is 0.340 e. The average molecular weight is 582 g/mol. The van der Waals surface area contributed by atoms with Crippen LogP contribution in [0.25, 0.3) is 0 Å². The van der Waals surface area contributed by atoms with Gasteiger partial charge >= 0.3 is 5.97 Å². The van der Waals surface area contributed by atoms with Crippen LogP contribution in [0.5, 0.6) is 11.5 Å². The number of hydrogen-bond donors (Lipinski definition) is 0. The highest BCUT2D eigenvalue weighted by Crippen LogP contribution is 2.57. The van der Waals surface area contributed by atoms with E-state index in [0.717, 1.165) is 66.4 Å². The first-order valence-corrected chi connectivity index (χ1v) is 15.3. The fraction of sp³-hybridized carbons (Fsp3) is 0.211. The third-order valence-electron chi connectivity index (χ3n) is 8.75. The Labute approximate surface area is 258 Å². The lowest BCUT2D eigenvalue weighted by molar-refractivity contribution is 0.0224. The maximum atomic E-state index is 13.5. The average Bonchev–Trinajstić information content (AvgIpc) is 3.37. The summed E-state index contributed by atoms with van der Waals surface area (Å²) in [4.78, 5) is 22.7. The van der Waals surface area contributed by atoms with Gasteiger partial charge in [0.25, 0.3) is 0 Å². The van der Waals surface area contributed by atoms with Gasteiger partial charge in [-0.15, -0.1) is 0 Å². The number of rotatable bonds is 9. The maximum Gasteiger partial charge on any atom is 0.340 e. The fourth-order valence-corrected chi connectivity index (χ4v) is 6.53. The number of ether oxygens (including phenoxy) is 2. The second-order valence-electron chi connectivity index (χ2n) is 11.2. The Kier molecular flexibility index (Phi) is 7.26. The number of pyridine rings is 1. The summed E-state index contributed by atoms with van der Waals surface area (Å²) in [6.07, 6.45) is 2.63. The molecule has 0 saturated carbocycles. The van der Waals surface area contributed by atoms with E-state index in [4.69, 9.17) is 9.47 Å². The molecular formula is C38H35N3O3. The van der Waals surface area contributed by atoms with Crippen LogP contribution in [0.2, 0.25) is 0 Å². The number of nitrogens with zero attached hydrogens (tertiary/aromatic N) is 3. The Bertz CT molecular complexity index is 1800. The third-order valence-corrected chi connectivity index (χ3v) is 8.75. The van der Waals surface area contributed by atoms with Crippen LogP contribution >= 0.6 is 0 Å². The van der Waals surface area contributed by atoms with Gasteiger partial charge in [-0.1, -0.05) is 54.6 Å². The summed E-state index contributed by atoms with van der Waals surface area (Å²) in [6, 6.07) is 36.7. The van der Waals surface area contributed by atoms with E-state index in [-0.39, 0.29) is 5.97 Å². The predicted octanol–water partition coefficient (Wildman–Crippen LogP) is 7.75. The molecule has 220 valence electrons. The Morgan fingerprint density at radius 3 is 2.25 bits per heavy atom. The fourth-order valence-electron chi connectivity index (χ4n) is 6.53. The molecule has 1 unspecified atom stereocenters. The molecule has 6 heteroatoms. The minimum Gasteiger partial charge on any atom is -0.456 e. The summed E-state index contributed by atoms with van der Waals surface area (Å²) in [6.45, 7) is 7.54. The zero-order valence-corrected chi connectivity index (χ0v) is 25.1. The largest absolute Gasteiger partial charge is 0.456 e. The van der Waals surface area contributed by atoms with Gasteiger partial charge in [0.05, 0.1) is 5.56 Å². The van der Waals surface area contributed by atoms with Crippen LogP contribution < -0.4 is 14.5 Å². The zero-order valence-electron chi connectivity index (χ0n) is 25.1. The van der Waals surface area contributed by atoms with E-state index in [1.165, 1.54) is 5.56 Å². The van der Waals surface area contributed by atoms with Crippen molar-refractivity contribution in [3.8, 4) is 11.5 Å². The lowest BCUT2D eigenvalue weighted by Gasteiger charge is -2.38. The van der Waals surface area contributed by atoms with Gasteiger partial charge in [0.2, 0.25) is 0 Å². The van der Waals surface area contributed by atoms with Crippen molar-refractivity contribution in [3.05, 3.63) is 149 Å². The Hall–Kier alpha value is -5.10. The molecule has 0 amide bonds. The van der Waals surface area contributed by atoms with Crippen molar-refractivity contribution in [2.75, 3.05) is 29.4 Å². The summed E-state index contributed by atoms with van der Waals surface area (Å²) >= 11 is 0. The van der Waals surface area contributed by atoms with Crippen LogP contribution in [-0.2, 0) is 23.3 Å². The van der Waals surface area contributed by atoms with Gasteiger partial charge in [-0.05, 0) is 67.9 Å². The van der Waals surface area contributed by atoms with Gasteiger partial charge < -0.3 is 19.3 Å². The number of carbonyl (C=O) groups is 1. The molecule has 1 spiro atoms. The van der Waals surface area contributed by atoms with Gasteiger partial charge in [-0.25, -0.2) is 4.79 Å². The van der Waals surface area contributed by atoms with E-state index in [1.807, 2.05) is 54.7 Å². The molecule has 0 fully saturated rings. The minimum absolute atomic E-state index is 0.325. The van der Waals surface area contributed by atoms with Crippen molar-refractivity contribution >= 4 is 17.3 Å². The highest BCUT2D eigenvalue weighted by Gasteiger charge is 2.53. The van der Waals surface area contributed by atoms with Gasteiger partial charge in [-0.2, -0.15) is 0 Å². The molecule has 1 aromatic heterocycles. The molecule has 4 aromatic carbocycles. The first-order chi connectivity index (χ1) is 21.6. The first-order valence-electron chi connectivity index (χ1n) is 15.3. The van der Waals surface area contributed by atoms with Crippen LogP contribution in [0.4, 0.5) is 11.4 Å². The van der Waals surface area contributed by atoms with E-state index >= 15 is 0 Å². The van der Waals surface area contributed by atoms with Crippen LogP contribution in [0.1, 0.15) is 52.2 Å². The van der Waals surface area contributed by atoms with E-state index in [2.05, 4.69) is 89.3 Å². The van der Waals surface area contributed by atoms with Crippen molar-refractivity contribution < 1.29 is 14.3 Å². The lowest BCUT2D eigenvalue weighted by atomic mass is 9.77. The maximum absolute atomic E-state index is 13.5. The van der Waals surface area contributed by atoms with Crippen molar-refractivity contribution in [2.45, 2.75) is 32.4 Å². The summed E-state index contributed by atoms with van der Waals surface area (Å²) in [5, 5.41) is 0. The molecule has 6 nitrogen and oxygen atoms in total. The SMILES string of the molecule is CCN(CC)c1ccc2c(c1)Oc1ccc(N(CCc3ccccn3)Cc3ccccc3)cc1C21OC(=O)c2ccccc21. The van der Waals surface area contributed by atoms with E-state index in [9.17, 15) is 4.79 Å². The molecule has 44 heavy (non-hydrogen) atoms. The van der Waals surface area contributed by atoms with Crippen LogP contribution in [0.3, 0.4) is 0 Å². The number of aromatic nitrogens is 1. The third kappa shape index (κ3) is 4.77. The monoisotopic (exact) mass is 581 g/mol. The molecule has 0 aliphatic carbocycles. The Morgan fingerprint density at radius 1 is 0.705 bits per heavy atom. The zero-order chi connectivity index (χ0) is 30.1. The molecule has 0 bridgehead atoms. The number of anilines is 2. The molecule has 2 aliphatic heterocycles. The Morgan fingerprint density at radius 2 is 1.45 bits per heavy atom. The summed E-state index contributed by atoms with van der Waals surface area (Å²) in [7, 11) is 0. The van der Waals surface area contributed by atoms with E-state index < -0.39 is 5.60 Å². The van der Waals surface area contributed by atoms with Crippen molar-refractivity contribution in [2.24, 2.45) is 0 Å². The number of hydrogen-bond acceptors (Lipinski definition) is 6. The molecule has 0 saturated heterocycles. The van der Waals surface area contributed by atoms with E-state index in [1.54, 1.807) is 0 Å². The van der Waals surface area contributed by atoms with Crippen molar-refractivity contribution in [1.82, 2.24) is 4.98 Å². The second-order valence-corrected chi connectivity index (χ2v) is 11.2. The van der Waals surface area contributed by atoms with Crippen LogP contribution in [0.15, 0.2) is 115 Å². The van der Waals surface area contributed by atoms with E-state index in [0.29, 0.717) is 17.1 Å². The summed E-state index contributed by atoms with van der Waals surface area (Å²) in [5.74, 6) is 1.07. The molecular weight excluding hydrogens is 546 g/mol. The number of carbonyl (C=O) groups excluding carboxylic acids is 1. The Balaban J connectivity index is 1.36. The normalized spacial score (nSPS) is 16.0. The lowest BCUT2D eigenvalue weighted by Crippen LogP contribution is -2.34. The molecule has 3 heterocycles. The van der Waals surface area contributed by atoms with Crippen molar-refractivity contribution in [3.63, 3.8) is 0 Å². The molecule has 2 aliphatic rings. The number of esters is 1. The summed E-state index contributed by atoms with van der Waals surface area (Å²) < 4.78 is 13.1. The molecule has 7 rings (SSSR count).